The molecule has 1 fully saturated rings. The monoisotopic (exact) mass is 263 g/mol. The number of rotatable bonds is 5. The van der Waals surface area contributed by atoms with Crippen LogP contribution in [0, 0.1) is 5.41 Å². The molecule has 0 aromatic heterocycles. The lowest BCUT2D eigenvalue weighted by molar-refractivity contribution is 0.125. The summed E-state index contributed by atoms with van der Waals surface area (Å²) in [5, 5.41) is 9.52. The number of aliphatic hydroxyl groups excluding tert-OH is 1. The number of sulfonamides is 1. The van der Waals surface area contributed by atoms with E-state index in [1.807, 2.05) is 20.8 Å². The lowest BCUT2D eigenvalue weighted by Gasteiger charge is -2.23. The van der Waals surface area contributed by atoms with Gasteiger partial charge in [-0.25, -0.2) is 13.1 Å². The van der Waals surface area contributed by atoms with E-state index in [2.05, 4.69) is 4.72 Å². The SMILES string of the molecule is CC(C)(C)CC(O)CNS(=O)(=O)C1CCCC1. The number of hydrogen-bond acceptors (Lipinski definition) is 3. The molecule has 1 atom stereocenters. The molecule has 2 N–H and O–H groups in total. The first kappa shape index (κ1) is 14.9. The van der Waals surface area contributed by atoms with Gasteiger partial charge < -0.3 is 5.11 Å². The van der Waals surface area contributed by atoms with E-state index < -0.39 is 16.1 Å². The Balaban J connectivity index is 2.39. The fourth-order valence-corrected chi connectivity index (χ4v) is 3.92. The van der Waals surface area contributed by atoms with Gasteiger partial charge in [0, 0.05) is 6.54 Å². The summed E-state index contributed by atoms with van der Waals surface area (Å²) in [6.45, 7) is 6.22. The van der Waals surface area contributed by atoms with Crippen LogP contribution in [0.25, 0.3) is 0 Å². The van der Waals surface area contributed by atoms with E-state index in [-0.39, 0.29) is 17.2 Å². The Bertz CT molecular complexity index is 326. The molecule has 1 rings (SSSR count). The highest BCUT2D eigenvalue weighted by Crippen LogP contribution is 2.24. The van der Waals surface area contributed by atoms with Gasteiger partial charge in [-0.2, -0.15) is 0 Å². The molecule has 0 radical (unpaired) electrons. The molecule has 4 nitrogen and oxygen atoms in total. The summed E-state index contributed by atoms with van der Waals surface area (Å²) in [7, 11) is -3.22. The van der Waals surface area contributed by atoms with E-state index in [1.165, 1.54) is 0 Å². The van der Waals surface area contributed by atoms with Gasteiger partial charge in [0.25, 0.3) is 0 Å². The second-order valence-electron chi connectivity index (χ2n) is 6.22. The van der Waals surface area contributed by atoms with Gasteiger partial charge in [0.15, 0.2) is 0 Å². The van der Waals surface area contributed by atoms with Crippen molar-refractivity contribution in [2.75, 3.05) is 6.54 Å². The Morgan fingerprint density at radius 3 is 2.29 bits per heavy atom. The molecular weight excluding hydrogens is 238 g/mol. The minimum Gasteiger partial charge on any atom is -0.392 e. The maximum Gasteiger partial charge on any atom is 0.214 e. The lowest BCUT2D eigenvalue weighted by Crippen LogP contribution is -2.38. The Kier molecular flexibility index (Phi) is 4.98. The molecule has 1 aliphatic rings. The quantitative estimate of drug-likeness (QED) is 0.792. The predicted octanol–water partition coefficient (Wildman–Crippen LogP) is 1.65. The van der Waals surface area contributed by atoms with Gasteiger partial charge in [0.1, 0.15) is 0 Å². The zero-order chi connectivity index (χ0) is 13.1. The summed E-state index contributed by atoms with van der Waals surface area (Å²) in [4.78, 5) is 0. The van der Waals surface area contributed by atoms with Crippen molar-refractivity contribution in [3.05, 3.63) is 0 Å². The third-order valence-electron chi connectivity index (χ3n) is 3.11. The van der Waals surface area contributed by atoms with Crippen molar-refractivity contribution in [2.45, 2.75) is 64.2 Å². The molecule has 0 spiro atoms. The van der Waals surface area contributed by atoms with Crippen molar-refractivity contribution < 1.29 is 13.5 Å². The summed E-state index contributed by atoms with van der Waals surface area (Å²) >= 11 is 0. The molecule has 102 valence electrons. The summed E-state index contributed by atoms with van der Waals surface area (Å²) < 4.78 is 26.3. The first-order valence-electron chi connectivity index (χ1n) is 6.37. The highest BCUT2D eigenvalue weighted by molar-refractivity contribution is 7.90. The topological polar surface area (TPSA) is 66.4 Å². The van der Waals surface area contributed by atoms with E-state index in [9.17, 15) is 13.5 Å². The molecule has 1 unspecified atom stereocenters. The highest BCUT2D eigenvalue weighted by Gasteiger charge is 2.29. The average molecular weight is 263 g/mol. The molecule has 0 heterocycles. The zero-order valence-electron chi connectivity index (χ0n) is 11.1. The second-order valence-corrected chi connectivity index (χ2v) is 8.26. The second kappa shape index (κ2) is 5.67. The molecular formula is C12H25NO3S. The fraction of sp³-hybridized carbons (Fsp3) is 1.00. The van der Waals surface area contributed by atoms with E-state index >= 15 is 0 Å². The van der Waals surface area contributed by atoms with Crippen molar-refractivity contribution in [1.82, 2.24) is 4.72 Å². The third kappa shape index (κ3) is 5.36. The Labute approximate surface area is 105 Å². The number of hydrogen-bond donors (Lipinski definition) is 2. The van der Waals surface area contributed by atoms with Crippen molar-refractivity contribution in [1.29, 1.82) is 0 Å². The molecule has 1 saturated carbocycles. The van der Waals surface area contributed by atoms with Crippen molar-refractivity contribution >= 4 is 10.0 Å². The molecule has 5 heteroatoms. The Hall–Kier alpha value is -0.130. The number of nitrogens with one attached hydrogen (secondary N) is 1. The minimum atomic E-state index is -3.22. The van der Waals surface area contributed by atoms with Crippen molar-refractivity contribution in [2.24, 2.45) is 5.41 Å². The van der Waals surface area contributed by atoms with Gasteiger partial charge in [-0.1, -0.05) is 33.6 Å². The summed E-state index contributed by atoms with van der Waals surface area (Å²) in [5.41, 5.74) is 0.0121. The number of aliphatic hydroxyl groups is 1. The summed E-state index contributed by atoms with van der Waals surface area (Å²) in [5.74, 6) is 0. The van der Waals surface area contributed by atoms with E-state index in [0.29, 0.717) is 6.42 Å². The standard InChI is InChI=1S/C12H25NO3S/c1-12(2,3)8-10(14)9-13-17(15,16)11-6-4-5-7-11/h10-11,13-14H,4-9H2,1-3H3. The average Bonchev–Trinajstić information content (AvgIpc) is 2.65. The summed E-state index contributed by atoms with van der Waals surface area (Å²) in [6, 6.07) is 0. The fourth-order valence-electron chi connectivity index (χ4n) is 2.31. The normalized spacial score (nSPS) is 20.7. The van der Waals surface area contributed by atoms with Gasteiger partial charge in [0.2, 0.25) is 10.0 Å². The van der Waals surface area contributed by atoms with Crippen LogP contribution in [0.1, 0.15) is 52.9 Å². The Morgan fingerprint density at radius 1 is 1.29 bits per heavy atom. The largest absolute Gasteiger partial charge is 0.392 e. The van der Waals surface area contributed by atoms with Gasteiger partial charge in [-0.3, -0.25) is 0 Å². The molecule has 0 aromatic carbocycles. The molecule has 17 heavy (non-hydrogen) atoms. The molecule has 0 aromatic rings. The van der Waals surface area contributed by atoms with Crippen molar-refractivity contribution in [3.63, 3.8) is 0 Å². The predicted molar refractivity (Wildman–Crippen MR) is 69.3 cm³/mol. The Morgan fingerprint density at radius 2 is 1.82 bits per heavy atom. The van der Waals surface area contributed by atoms with Crippen LogP contribution in [0.2, 0.25) is 0 Å². The van der Waals surface area contributed by atoms with Crippen LogP contribution in [-0.4, -0.2) is 31.4 Å². The van der Waals surface area contributed by atoms with E-state index in [0.717, 1.165) is 25.7 Å². The van der Waals surface area contributed by atoms with Gasteiger partial charge >= 0.3 is 0 Å². The summed E-state index contributed by atoms with van der Waals surface area (Å²) in [6.07, 6.45) is 3.49. The molecule has 0 amide bonds. The van der Waals surface area contributed by atoms with Crippen LogP contribution >= 0.6 is 0 Å². The first-order valence-corrected chi connectivity index (χ1v) is 7.92. The van der Waals surface area contributed by atoms with E-state index in [1.54, 1.807) is 0 Å². The van der Waals surface area contributed by atoms with Crippen LogP contribution in [-0.2, 0) is 10.0 Å². The molecule has 1 aliphatic carbocycles. The van der Waals surface area contributed by atoms with Gasteiger partial charge in [-0.15, -0.1) is 0 Å². The van der Waals surface area contributed by atoms with E-state index in [4.69, 9.17) is 0 Å². The van der Waals surface area contributed by atoms with Crippen LogP contribution in [0.15, 0.2) is 0 Å². The minimum absolute atomic E-state index is 0.0121. The molecule has 0 aliphatic heterocycles. The maximum atomic E-state index is 11.9. The van der Waals surface area contributed by atoms with Crippen LogP contribution in [0.4, 0.5) is 0 Å². The van der Waals surface area contributed by atoms with Crippen LogP contribution in [0.3, 0.4) is 0 Å². The zero-order valence-corrected chi connectivity index (χ0v) is 11.9. The third-order valence-corrected chi connectivity index (χ3v) is 5.03. The maximum absolute atomic E-state index is 11.9. The van der Waals surface area contributed by atoms with Crippen molar-refractivity contribution in [3.8, 4) is 0 Å². The molecule has 0 bridgehead atoms. The smallest absolute Gasteiger partial charge is 0.214 e. The van der Waals surface area contributed by atoms with Crippen LogP contribution in [0.5, 0.6) is 0 Å². The first-order chi connectivity index (χ1) is 7.71. The van der Waals surface area contributed by atoms with Gasteiger partial charge in [-0.05, 0) is 24.7 Å². The molecule has 0 saturated heterocycles. The van der Waals surface area contributed by atoms with Crippen LogP contribution < -0.4 is 4.72 Å². The highest BCUT2D eigenvalue weighted by atomic mass is 32.2. The van der Waals surface area contributed by atoms with Gasteiger partial charge in [0.05, 0.1) is 11.4 Å². The lowest BCUT2D eigenvalue weighted by atomic mass is 9.89.